The van der Waals surface area contributed by atoms with Crippen molar-refractivity contribution in [2.45, 2.75) is 25.8 Å². The molecule has 1 aliphatic rings. The fraction of sp³-hybridized carbons (Fsp3) is 0.429. The van der Waals surface area contributed by atoms with Gasteiger partial charge in [-0.3, -0.25) is 0 Å². The van der Waals surface area contributed by atoms with E-state index in [0.717, 1.165) is 18.4 Å². The lowest BCUT2D eigenvalue weighted by Gasteiger charge is -2.31. The van der Waals surface area contributed by atoms with Crippen LogP contribution >= 0.6 is 0 Å². The third-order valence-corrected chi connectivity index (χ3v) is 3.48. The summed E-state index contributed by atoms with van der Waals surface area (Å²) in [5, 5.41) is 11.9. The molecular weight excluding hydrogens is 258 g/mol. The second-order valence-electron chi connectivity index (χ2n) is 5.08. The number of aryl methyl sites for hydroxylation is 1. The summed E-state index contributed by atoms with van der Waals surface area (Å²) in [6.07, 6.45) is 1.78. The van der Waals surface area contributed by atoms with Gasteiger partial charge in [0.1, 0.15) is 0 Å². The predicted molar refractivity (Wildman–Crippen MR) is 75.9 cm³/mol. The molecule has 1 aromatic carbocycles. The number of carbonyl (C=O) groups is 2. The Morgan fingerprint density at radius 2 is 2.20 bits per heavy atom. The van der Waals surface area contributed by atoms with Crippen molar-refractivity contribution in [3.05, 3.63) is 29.3 Å². The summed E-state index contributed by atoms with van der Waals surface area (Å²) < 4.78 is 0. The Balaban J connectivity index is 2.17. The molecule has 1 saturated heterocycles. The third-order valence-electron chi connectivity index (χ3n) is 3.48. The summed E-state index contributed by atoms with van der Waals surface area (Å²) in [5.74, 6) is -1.06. The first kappa shape index (κ1) is 14.3. The zero-order chi connectivity index (χ0) is 14.7. The van der Waals surface area contributed by atoms with E-state index in [1.54, 1.807) is 24.0 Å². The van der Waals surface area contributed by atoms with Crippen molar-refractivity contribution in [3.8, 4) is 0 Å². The van der Waals surface area contributed by atoms with E-state index in [4.69, 9.17) is 5.73 Å². The molecule has 1 aromatic rings. The van der Waals surface area contributed by atoms with Crippen molar-refractivity contribution in [1.82, 2.24) is 4.90 Å². The minimum absolute atomic E-state index is 0.00897. The number of hydrogen-bond acceptors (Lipinski definition) is 3. The highest BCUT2D eigenvalue weighted by Gasteiger charge is 2.23. The van der Waals surface area contributed by atoms with Gasteiger partial charge in [0, 0.05) is 19.1 Å². The van der Waals surface area contributed by atoms with Crippen LogP contribution in [0.1, 0.15) is 28.8 Å². The zero-order valence-electron chi connectivity index (χ0n) is 11.4. The SMILES string of the molecule is Cc1cccc(C(=O)O)c1NC(=O)N1CCCC(N)C1. The fourth-order valence-corrected chi connectivity index (χ4v) is 2.39. The maximum absolute atomic E-state index is 12.2. The second-order valence-corrected chi connectivity index (χ2v) is 5.08. The first-order chi connectivity index (χ1) is 9.49. The van der Waals surface area contributed by atoms with Crippen molar-refractivity contribution in [3.63, 3.8) is 0 Å². The quantitative estimate of drug-likeness (QED) is 0.765. The Morgan fingerprint density at radius 3 is 2.85 bits per heavy atom. The number of rotatable bonds is 2. The molecule has 0 saturated carbocycles. The van der Waals surface area contributed by atoms with E-state index in [0.29, 0.717) is 18.8 Å². The van der Waals surface area contributed by atoms with Crippen molar-refractivity contribution < 1.29 is 14.7 Å². The van der Waals surface area contributed by atoms with Crippen LogP contribution in [0.5, 0.6) is 0 Å². The summed E-state index contributed by atoms with van der Waals surface area (Å²) in [4.78, 5) is 25.0. The summed E-state index contributed by atoms with van der Waals surface area (Å²) >= 11 is 0. The molecule has 1 atom stereocenters. The standard InChI is InChI=1S/C14H19N3O3/c1-9-4-2-6-11(13(18)19)12(9)16-14(20)17-7-3-5-10(15)8-17/h2,4,6,10H,3,5,7-8,15H2,1H3,(H,16,20)(H,18,19). The number of nitrogens with one attached hydrogen (secondary N) is 1. The number of carboxylic acids is 1. The molecule has 6 nitrogen and oxygen atoms in total. The molecule has 108 valence electrons. The number of benzene rings is 1. The summed E-state index contributed by atoms with van der Waals surface area (Å²) in [5.41, 5.74) is 7.02. The van der Waals surface area contributed by atoms with E-state index in [1.807, 2.05) is 0 Å². The van der Waals surface area contributed by atoms with E-state index < -0.39 is 5.97 Å². The number of carbonyl (C=O) groups excluding carboxylic acids is 1. The van der Waals surface area contributed by atoms with E-state index in [-0.39, 0.29) is 17.6 Å². The van der Waals surface area contributed by atoms with Crippen LogP contribution in [0.2, 0.25) is 0 Å². The average Bonchev–Trinajstić information content (AvgIpc) is 2.40. The number of piperidine rings is 1. The number of anilines is 1. The molecular formula is C14H19N3O3. The molecule has 20 heavy (non-hydrogen) atoms. The van der Waals surface area contributed by atoms with Gasteiger partial charge in [0.05, 0.1) is 11.3 Å². The fourth-order valence-electron chi connectivity index (χ4n) is 2.39. The highest BCUT2D eigenvalue weighted by atomic mass is 16.4. The van der Waals surface area contributed by atoms with Crippen molar-refractivity contribution >= 4 is 17.7 Å². The van der Waals surface area contributed by atoms with E-state index in [1.165, 1.54) is 6.07 Å². The maximum Gasteiger partial charge on any atom is 0.337 e. The van der Waals surface area contributed by atoms with Gasteiger partial charge in [0.15, 0.2) is 0 Å². The van der Waals surface area contributed by atoms with Crippen LogP contribution in [0.15, 0.2) is 18.2 Å². The smallest absolute Gasteiger partial charge is 0.337 e. The number of amides is 2. The van der Waals surface area contributed by atoms with E-state index in [9.17, 15) is 14.7 Å². The lowest BCUT2D eigenvalue weighted by molar-refractivity contribution is 0.0698. The molecule has 1 unspecified atom stereocenters. The second kappa shape index (κ2) is 5.92. The average molecular weight is 277 g/mol. The minimum Gasteiger partial charge on any atom is -0.478 e. The van der Waals surface area contributed by atoms with Gasteiger partial charge >= 0.3 is 12.0 Å². The van der Waals surface area contributed by atoms with Crippen molar-refractivity contribution in [1.29, 1.82) is 0 Å². The molecule has 2 amide bonds. The van der Waals surface area contributed by atoms with Crippen molar-refractivity contribution in [2.75, 3.05) is 18.4 Å². The van der Waals surface area contributed by atoms with Crippen molar-refractivity contribution in [2.24, 2.45) is 5.73 Å². The number of nitrogens with zero attached hydrogens (tertiary/aromatic N) is 1. The first-order valence-corrected chi connectivity index (χ1v) is 6.63. The molecule has 1 heterocycles. The van der Waals surface area contributed by atoms with Crippen LogP contribution in [0, 0.1) is 6.92 Å². The topological polar surface area (TPSA) is 95.7 Å². The highest BCUT2D eigenvalue weighted by molar-refractivity contribution is 6.01. The summed E-state index contributed by atoms with van der Waals surface area (Å²) in [6, 6.07) is 4.60. The van der Waals surface area contributed by atoms with Crippen LogP contribution in [0.25, 0.3) is 0 Å². The van der Waals surface area contributed by atoms with Gasteiger partial charge in [-0.1, -0.05) is 12.1 Å². The van der Waals surface area contributed by atoms with Crippen LogP contribution in [-0.4, -0.2) is 41.1 Å². The molecule has 0 bridgehead atoms. The first-order valence-electron chi connectivity index (χ1n) is 6.63. The van der Waals surface area contributed by atoms with Crippen LogP contribution in [-0.2, 0) is 0 Å². The Labute approximate surface area is 117 Å². The number of hydrogen-bond donors (Lipinski definition) is 3. The molecule has 6 heteroatoms. The molecule has 0 aromatic heterocycles. The van der Waals surface area contributed by atoms with Gasteiger partial charge in [0.2, 0.25) is 0 Å². The summed E-state index contributed by atoms with van der Waals surface area (Å²) in [6.45, 7) is 2.91. The number of carboxylic acid groups (broad SMARTS) is 1. The predicted octanol–water partition coefficient (Wildman–Crippen LogP) is 1.65. The molecule has 0 radical (unpaired) electrons. The largest absolute Gasteiger partial charge is 0.478 e. The molecule has 4 N–H and O–H groups in total. The maximum atomic E-state index is 12.2. The molecule has 2 rings (SSSR count). The van der Waals surface area contributed by atoms with Gasteiger partial charge in [-0.25, -0.2) is 9.59 Å². The van der Waals surface area contributed by atoms with Crippen LogP contribution < -0.4 is 11.1 Å². The monoisotopic (exact) mass is 277 g/mol. The molecule has 0 spiro atoms. The zero-order valence-corrected chi connectivity index (χ0v) is 11.4. The molecule has 1 aliphatic heterocycles. The van der Waals surface area contributed by atoms with Gasteiger partial charge in [-0.15, -0.1) is 0 Å². The number of aromatic carboxylic acids is 1. The van der Waals surface area contributed by atoms with E-state index in [2.05, 4.69) is 5.32 Å². The van der Waals surface area contributed by atoms with Gasteiger partial charge < -0.3 is 21.1 Å². The highest BCUT2D eigenvalue weighted by Crippen LogP contribution is 2.21. The van der Waals surface area contributed by atoms with Crippen LogP contribution in [0.3, 0.4) is 0 Å². The Morgan fingerprint density at radius 1 is 1.45 bits per heavy atom. The van der Waals surface area contributed by atoms with Gasteiger partial charge in [-0.2, -0.15) is 0 Å². The minimum atomic E-state index is -1.06. The van der Waals surface area contributed by atoms with Gasteiger partial charge in [-0.05, 0) is 31.4 Å². The molecule has 0 aliphatic carbocycles. The molecule has 1 fully saturated rings. The number of urea groups is 1. The Hall–Kier alpha value is -2.08. The normalized spacial score (nSPS) is 18.7. The lowest BCUT2D eigenvalue weighted by atomic mass is 10.1. The number of para-hydroxylation sites is 1. The van der Waals surface area contributed by atoms with Gasteiger partial charge in [0.25, 0.3) is 0 Å². The third kappa shape index (κ3) is 3.08. The lowest BCUT2D eigenvalue weighted by Crippen LogP contribution is -2.47. The number of nitrogens with two attached hydrogens (primary N) is 1. The number of likely N-dealkylation sites (tertiary alicyclic amines) is 1. The summed E-state index contributed by atoms with van der Waals surface area (Å²) in [7, 11) is 0. The van der Waals surface area contributed by atoms with E-state index >= 15 is 0 Å². The Kier molecular flexibility index (Phi) is 4.24. The van der Waals surface area contributed by atoms with Crippen LogP contribution in [0.4, 0.5) is 10.5 Å². The Bertz CT molecular complexity index is 530.